The zero-order valence-electron chi connectivity index (χ0n) is 11.3. The van der Waals surface area contributed by atoms with Gasteiger partial charge in [0, 0.05) is 24.7 Å². The van der Waals surface area contributed by atoms with Crippen LogP contribution in [0.25, 0.3) is 10.9 Å². The molecule has 1 aromatic carbocycles. The number of likely N-dealkylation sites (tertiary alicyclic amines) is 1. The summed E-state index contributed by atoms with van der Waals surface area (Å²) in [4.78, 5) is 6.73. The molecular formula is C16H20N2O. The average molecular weight is 256 g/mol. The third kappa shape index (κ3) is 2.62. The quantitative estimate of drug-likeness (QED) is 0.896. The Morgan fingerprint density at radius 3 is 3.00 bits per heavy atom. The number of β-amino-alcohol motifs (C(OH)–C–C–N with tert-alkyl or cyclic N) is 1. The Bertz CT molecular complexity index is 564. The summed E-state index contributed by atoms with van der Waals surface area (Å²) >= 11 is 0. The zero-order chi connectivity index (χ0) is 13.2. The van der Waals surface area contributed by atoms with Gasteiger partial charge in [-0.1, -0.05) is 25.1 Å². The molecule has 2 unspecified atom stereocenters. The SMILES string of the molecule is CC1CCN(Cc2ccnc3ccccc23)CC1O. The van der Waals surface area contributed by atoms with Crippen molar-refractivity contribution in [2.24, 2.45) is 5.92 Å². The molecule has 1 fully saturated rings. The van der Waals surface area contributed by atoms with E-state index in [1.165, 1.54) is 10.9 Å². The van der Waals surface area contributed by atoms with Gasteiger partial charge >= 0.3 is 0 Å². The third-order valence-corrected chi connectivity index (χ3v) is 4.14. The Labute approximate surface area is 113 Å². The summed E-state index contributed by atoms with van der Waals surface area (Å²) in [6.45, 7) is 4.86. The van der Waals surface area contributed by atoms with E-state index in [0.29, 0.717) is 5.92 Å². The van der Waals surface area contributed by atoms with Crippen LogP contribution in [0.3, 0.4) is 0 Å². The van der Waals surface area contributed by atoms with Gasteiger partial charge in [-0.25, -0.2) is 0 Å². The molecule has 1 aliphatic rings. The highest BCUT2D eigenvalue weighted by Gasteiger charge is 2.24. The third-order valence-electron chi connectivity index (χ3n) is 4.14. The normalized spacial score (nSPS) is 24.7. The van der Waals surface area contributed by atoms with E-state index in [1.807, 2.05) is 18.3 Å². The smallest absolute Gasteiger partial charge is 0.0705 e. The number of piperidine rings is 1. The predicted octanol–water partition coefficient (Wildman–Crippen LogP) is 2.44. The number of hydrogen-bond acceptors (Lipinski definition) is 3. The molecule has 2 atom stereocenters. The van der Waals surface area contributed by atoms with Gasteiger partial charge < -0.3 is 5.11 Å². The number of para-hydroxylation sites is 1. The molecule has 1 N–H and O–H groups in total. The van der Waals surface area contributed by atoms with Gasteiger partial charge in [0.1, 0.15) is 0 Å². The monoisotopic (exact) mass is 256 g/mol. The van der Waals surface area contributed by atoms with Gasteiger partial charge in [0.25, 0.3) is 0 Å². The van der Waals surface area contributed by atoms with Crippen LogP contribution < -0.4 is 0 Å². The van der Waals surface area contributed by atoms with Crippen molar-refractivity contribution >= 4 is 10.9 Å². The molecule has 1 saturated heterocycles. The number of hydrogen-bond donors (Lipinski definition) is 1. The molecular weight excluding hydrogens is 236 g/mol. The van der Waals surface area contributed by atoms with Crippen molar-refractivity contribution in [3.05, 3.63) is 42.1 Å². The van der Waals surface area contributed by atoms with E-state index in [2.05, 4.69) is 35.0 Å². The fourth-order valence-corrected chi connectivity index (χ4v) is 2.79. The second kappa shape index (κ2) is 5.27. The first kappa shape index (κ1) is 12.6. The van der Waals surface area contributed by atoms with Crippen LogP contribution in [-0.2, 0) is 6.54 Å². The summed E-state index contributed by atoms with van der Waals surface area (Å²) in [6.07, 6.45) is 2.76. The predicted molar refractivity (Wildman–Crippen MR) is 76.8 cm³/mol. The molecule has 3 nitrogen and oxygen atoms in total. The lowest BCUT2D eigenvalue weighted by atomic mass is 9.95. The van der Waals surface area contributed by atoms with Crippen molar-refractivity contribution in [3.63, 3.8) is 0 Å². The van der Waals surface area contributed by atoms with Gasteiger partial charge in [-0.05, 0) is 36.6 Å². The molecule has 1 aromatic heterocycles. The standard InChI is InChI=1S/C16H20N2O/c1-12-7-9-18(11-16(12)19)10-13-6-8-17-15-5-3-2-4-14(13)15/h2-6,8,12,16,19H,7,9-11H2,1H3. The van der Waals surface area contributed by atoms with Crippen LogP contribution in [0.4, 0.5) is 0 Å². The number of fused-ring (bicyclic) bond motifs is 1. The fraction of sp³-hybridized carbons (Fsp3) is 0.438. The molecule has 3 heteroatoms. The summed E-state index contributed by atoms with van der Waals surface area (Å²) < 4.78 is 0. The molecule has 100 valence electrons. The molecule has 1 aliphatic heterocycles. The molecule has 0 saturated carbocycles. The molecule has 0 spiro atoms. The Morgan fingerprint density at radius 1 is 1.32 bits per heavy atom. The van der Waals surface area contributed by atoms with Crippen molar-refractivity contribution in [1.82, 2.24) is 9.88 Å². The van der Waals surface area contributed by atoms with Gasteiger partial charge in [-0.3, -0.25) is 9.88 Å². The number of pyridine rings is 1. The summed E-state index contributed by atoms with van der Waals surface area (Å²) in [5, 5.41) is 11.2. The van der Waals surface area contributed by atoms with Crippen LogP contribution in [0, 0.1) is 5.92 Å². The van der Waals surface area contributed by atoms with E-state index in [9.17, 15) is 5.11 Å². The van der Waals surface area contributed by atoms with E-state index in [0.717, 1.165) is 31.6 Å². The number of rotatable bonds is 2. The van der Waals surface area contributed by atoms with Gasteiger partial charge in [-0.2, -0.15) is 0 Å². The molecule has 2 aromatic rings. The van der Waals surface area contributed by atoms with Crippen molar-refractivity contribution in [2.75, 3.05) is 13.1 Å². The average Bonchev–Trinajstić information content (AvgIpc) is 2.43. The highest BCUT2D eigenvalue weighted by Crippen LogP contribution is 2.22. The van der Waals surface area contributed by atoms with Crippen LogP contribution >= 0.6 is 0 Å². The van der Waals surface area contributed by atoms with Gasteiger partial charge in [-0.15, -0.1) is 0 Å². The maximum Gasteiger partial charge on any atom is 0.0705 e. The van der Waals surface area contributed by atoms with E-state index >= 15 is 0 Å². The number of aliphatic hydroxyl groups is 1. The van der Waals surface area contributed by atoms with E-state index < -0.39 is 0 Å². The highest BCUT2D eigenvalue weighted by molar-refractivity contribution is 5.81. The Balaban J connectivity index is 1.82. The molecule has 0 aliphatic carbocycles. The van der Waals surface area contributed by atoms with Gasteiger partial charge in [0.15, 0.2) is 0 Å². The number of aliphatic hydroxyl groups excluding tert-OH is 1. The Morgan fingerprint density at radius 2 is 2.16 bits per heavy atom. The summed E-state index contributed by atoms with van der Waals surface area (Å²) in [6, 6.07) is 10.3. The van der Waals surface area contributed by atoms with Crippen LogP contribution in [0.15, 0.2) is 36.5 Å². The van der Waals surface area contributed by atoms with Crippen LogP contribution in [0.5, 0.6) is 0 Å². The summed E-state index contributed by atoms with van der Waals surface area (Å²) in [7, 11) is 0. The number of nitrogens with zero attached hydrogens (tertiary/aromatic N) is 2. The first-order chi connectivity index (χ1) is 9.24. The highest BCUT2D eigenvalue weighted by atomic mass is 16.3. The van der Waals surface area contributed by atoms with E-state index in [-0.39, 0.29) is 6.10 Å². The topological polar surface area (TPSA) is 36.4 Å². The minimum absolute atomic E-state index is 0.193. The fourth-order valence-electron chi connectivity index (χ4n) is 2.79. The van der Waals surface area contributed by atoms with Gasteiger partial charge in [0.2, 0.25) is 0 Å². The maximum absolute atomic E-state index is 9.99. The lowest BCUT2D eigenvalue weighted by Gasteiger charge is -2.34. The molecule has 2 heterocycles. The van der Waals surface area contributed by atoms with Crippen molar-refractivity contribution in [1.29, 1.82) is 0 Å². The maximum atomic E-state index is 9.99. The number of aromatic nitrogens is 1. The van der Waals surface area contributed by atoms with Crippen molar-refractivity contribution in [3.8, 4) is 0 Å². The lowest BCUT2D eigenvalue weighted by molar-refractivity contribution is 0.0261. The van der Waals surface area contributed by atoms with Crippen LogP contribution in [-0.4, -0.2) is 34.2 Å². The minimum Gasteiger partial charge on any atom is -0.392 e. The Hall–Kier alpha value is -1.45. The first-order valence-corrected chi connectivity index (χ1v) is 6.97. The largest absolute Gasteiger partial charge is 0.392 e. The van der Waals surface area contributed by atoms with Gasteiger partial charge in [0.05, 0.1) is 11.6 Å². The summed E-state index contributed by atoms with van der Waals surface area (Å²) in [5.74, 6) is 0.422. The second-order valence-electron chi connectivity index (χ2n) is 5.56. The summed E-state index contributed by atoms with van der Waals surface area (Å²) in [5.41, 5.74) is 2.35. The van der Waals surface area contributed by atoms with E-state index in [1.54, 1.807) is 0 Å². The molecule has 0 bridgehead atoms. The second-order valence-corrected chi connectivity index (χ2v) is 5.56. The molecule has 0 radical (unpaired) electrons. The molecule has 0 amide bonds. The molecule has 3 rings (SSSR count). The van der Waals surface area contributed by atoms with E-state index in [4.69, 9.17) is 0 Å². The number of benzene rings is 1. The van der Waals surface area contributed by atoms with Crippen LogP contribution in [0.1, 0.15) is 18.9 Å². The van der Waals surface area contributed by atoms with Crippen molar-refractivity contribution < 1.29 is 5.11 Å². The minimum atomic E-state index is -0.193. The lowest BCUT2D eigenvalue weighted by Crippen LogP contribution is -2.42. The van der Waals surface area contributed by atoms with Crippen LogP contribution in [0.2, 0.25) is 0 Å². The van der Waals surface area contributed by atoms with Crippen molar-refractivity contribution in [2.45, 2.75) is 26.0 Å². The molecule has 19 heavy (non-hydrogen) atoms. The first-order valence-electron chi connectivity index (χ1n) is 6.97. The Kier molecular flexibility index (Phi) is 3.49. The zero-order valence-corrected chi connectivity index (χ0v) is 11.3.